The Morgan fingerprint density at radius 2 is 2.10 bits per heavy atom. The van der Waals surface area contributed by atoms with E-state index < -0.39 is 5.82 Å². The van der Waals surface area contributed by atoms with E-state index in [-0.39, 0.29) is 5.75 Å². The van der Waals surface area contributed by atoms with Crippen molar-refractivity contribution in [3.8, 4) is 5.75 Å². The van der Waals surface area contributed by atoms with Crippen LogP contribution in [0.5, 0.6) is 5.75 Å². The predicted molar refractivity (Wildman–Crippen MR) is 81.6 cm³/mol. The minimum absolute atomic E-state index is 0.266. The lowest BCUT2D eigenvalue weighted by atomic mass is 9.93. The fourth-order valence-corrected chi connectivity index (χ4v) is 3.19. The monoisotopic (exact) mass is 280 g/mol. The van der Waals surface area contributed by atoms with Crippen molar-refractivity contribution in [3.63, 3.8) is 0 Å². The molecule has 4 heteroatoms. The van der Waals surface area contributed by atoms with E-state index in [1.165, 1.54) is 18.9 Å². The lowest BCUT2D eigenvalue weighted by molar-refractivity contribution is 0.322. The van der Waals surface area contributed by atoms with Crippen LogP contribution in [0.2, 0.25) is 0 Å². The first-order valence-corrected chi connectivity index (χ1v) is 7.55. The highest BCUT2D eigenvalue weighted by Gasteiger charge is 2.31. The summed E-state index contributed by atoms with van der Waals surface area (Å²) in [5.41, 5.74) is 7.14. The second-order valence-corrected chi connectivity index (χ2v) is 5.66. The van der Waals surface area contributed by atoms with Crippen LogP contribution in [0.15, 0.2) is 12.1 Å². The molecule has 0 aromatic heterocycles. The van der Waals surface area contributed by atoms with E-state index in [1.807, 2.05) is 6.92 Å². The molecular formula is C16H25FN2O. The van der Waals surface area contributed by atoms with Gasteiger partial charge in [-0.2, -0.15) is 0 Å². The zero-order valence-electron chi connectivity index (χ0n) is 12.6. The first kappa shape index (κ1) is 14.9. The van der Waals surface area contributed by atoms with E-state index in [4.69, 9.17) is 10.5 Å². The van der Waals surface area contributed by atoms with Crippen molar-refractivity contribution < 1.29 is 9.13 Å². The van der Waals surface area contributed by atoms with Gasteiger partial charge < -0.3 is 15.8 Å². The first-order chi connectivity index (χ1) is 9.56. The second-order valence-electron chi connectivity index (χ2n) is 5.66. The summed E-state index contributed by atoms with van der Waals surface area (Å²) < 4.78 is 19.0. The van der Waals surface area contributed by atoms with E-state index in [1.54, 1.807) is 6.07 Å². The van der Waals surface area contributed by atoms with Gasteiger partial charge in [0.1, 0.15) is 0 Å². The van der Waals surface area contributed by atoms with Crippen molar-refractivity contribution in [2.45, 2.75) is 46.1 Å². The topological polar surface area (TPSA) is 47.3 Å². The summed E-state index contributed by atoms with van der Waals surface area (Å²) in [6, 6.07) is 3.42. The number of ether oxygens (including phenoxy) is 1. The van der Waals surface area contributed by atoms with Crippen molar-refractivity contribution >= 4 is 11.4 Å². The van der Waals surface area contributed by atoms with Gasteiger partial charge in [0.05, 0.1) is 18.0 Å². The van der Waals surface area contributed by atoms with E-state index in [0.717, 1.165) is 18.0 Å². The third kappa shape index (κ3) is 3.00. The molecule has 0 bridgehead atoms. The fraction of sp³-hybridized carbons (Fsp3) is 0.625. The minimum Gasteiger partial charge on any atom is -0.491 e. The van der Waals surface area contributed by atoms with Crippen LogP contribution in [0.1, 0.15) is 40.0 Å². The van der Waals surface area contributed by atoms with Gasteiger partial charge in [-0.3, -0.25) is 0 Å². The third-order valence-corrected chi connectivity index (χ3v) is 4.50. The summed E-state index contributed by atoms with van der Waals surface area (Å²) in [4.78, 5) is 0. The number of anilines is 2. The Balaban J connectivity index is 2.15. The van der Waals surface area contributed by atoms with Gasteiger partial charge >= 0.3 is 0 Å². The quantitative estimate of drug-likeness (QED) is 0.800. The molecule has 1 fully saturated rings. The van der Waals surface area contributed by atoms with Crippen molar-refractivity contribution in [3.05, 3.63) is 17.9 Å². The molecule has 3 atom stereocenters. The van der Waals surface area contributed by atoms with E-state index in [2.05, 4.69) is 19.2 Å². The Labute approximate surface area is 120 Å². The van der Waals surface area contributed by atoms with E-state index in [0.29, 0.717) is 24.3 Å². The van der Waals surface area contributed by atoms with Crippen molar-refractivity contribution in [2.75, 3.05) is 17.7 Å². The molecular weight excluding hydrogens is 255 g/mol. The standard InChI is InChI=1S/C16H25FN2O/c1-4-11-6-7-14(10(11)3)19-15-9-16(20-5-2)12(17)8-13(15)18/h8-11,14,19H,4-7,18H2,1-3H3. The zero-order chi connectivity index (χ0) is 14.7. The van der Waals surface area contributed by atoms with Crippen LogP contribution in [0.4, 0.5) is 15.8 Å². The van der Waals surface area contributed by atoms with Crippen LogP contribution in [0, 0.1) is 17.7 Å². The maximum absolute atomic E-state index is 13.7. The highest BCUT2D eigenvalue weighted by molar-refractivity contribution is 5.69. The summed E-state index contributed by atoms with van der Waals surface area (Å²) in [7, 11) is 0. The molecule has 3 N–H and O–H groups in total. The van der Waals surface area contributed by atoms with Gasteiger partial charge in [0.25, 0.3) is 0 Å². The minimum atomic E-state index is -0.402. The molecule has 0 spiro atoms. The number of hydrogen-bond acceptors (Lipinski definition) is 3. The number of nitrogen functional groups attached to an aromatic ring is 1. The molecule has 1 aromatic carbocycles. The highest BCUT2D eigenvalue weighted by Crippen LogP contribution is 2.37. The average molecular weight is 280 g/mol. The van der Waals surface area contributed by atoms with Crippen LogP contribution < -0.4 is 15.8 Å². The van der Waals surface area contributed by atoms with Crippen molar-refractivity contribution in [2.24, 2.45) is 11.8 Å². The molecule has 0 amide bonds. The first-order valence-electron chi connectivity index (χ1n) is 7.55. The number of halogens is 1. The molecule has 1 saturated carbocycles. The Morgan fingerprint density at radius 3 is 2.70 bits per heavy atom. The number of benzene rings is 1. The Hall–Kier alpha value is -1.45. The normalized spacial score (nSPS) is 25.7. The van der Waals surface area contributed by atoms with Gasteiger partial charge in [-0.1, -0.05) is 20.3 Å². The molecule has 0 aliphatic heterocycles. The van der Waals surface area contributed by atoms with Crippen molar-refractivity contribution in [1.82, 2.24) is 0 Å². The number of nitrogens with one attached hydrogen (secondary N) is 1. The van der Waals surface area contributed by atoms with Gasteiger partial charge in [-0.15, -0.1) is 0 Å². The molecule has 112 valence electrons. The molecule has 3 nitrogen and oxygen atoms in total. The van der Waals surface area contributed by atoms with Gasteiger partial charge in [0, 0.05) is 18.2 Å². The predicted octanol–water partition coefficient (Wildman–Crippen LogP) is 4.04. The van der Waals surface area contributed by atoms with Crippen molar-refractivity contribution in [1.29, 1.82) is 0 Å². The Morgan fingerprint density at radius 1 is 1.35 bits per heavy atom. The summed E-state index contributed by atoms with van der Waals surface area (Å²) >= 11 is 0. The summed E-state index contributed by atoms with van der Waals surface area (Å²) in [6.07, 6.45) is 3.59. The average Bonchev–Trinajstić information content (AvgIpc) is 2.76. The van der Waals surface area contributed by atoms with Crippen LogP contribution in [0.25, 0.3) is 0 Å². The van der Waals surface area contributed by atoms with Gasteiger partial charge in [-0.05, 0) is 31.6 Å². The fourth-order valence-electron chi connectivity index (χ4n) is 3.19. The molecule has 20 heavy (non-hydrogen) atoms. The molecule has 0 radical (unpaired) electrons. The van der Waals surface area contributed by atoms with E-state index >= 15 is 0 Å². The van der Waals surface area contributed by atoms with E-state index in [9.17, 15) is 4.39 Å². The molecule has 0 saturated heterocycles. The van der Waals surface area contributed by atoms with Crippen LogP contribution in [0.3, 0.4) is 0 Å². The number of rotatable bonds is 5. The molecule has 0 heterocycles. The Kier molecular flexibility index (Phi) is 4.73. The number of hydrogen-bond donors (Lipinski definition) is 2. The van der Waals surface area contributed by atoms with Gasteiger partial charge in [0.2, 0.25) is 0 Å². The van der Waals surface area contributed by atoms with Crippen LogP contribution in [-0.2, 0) is 0 Å². The Bertz CT molecular complexity index is 464. The van der Waals surface area contributed by atoms with Gasteiger partial charge in [0.15, 0.2) is 11.6 Å². The lowest BCUT2D eigenvalue weighted by Gasteiger charge is -2.23. The third-order valence-electron chi connectivity index (χ3n) is 4.50. The maximum Gasteiger partial charge on any atom is 0.167 e. The summed E-state index contributed by atoms with van der Waals surface area (Å²) in [5, 5.41) is 3.48. The zero-order valence-corrected chi connectivity index (χ0v) is 12.6. The molecule has 2 rings (SSSR count). The molecule has 1 aliphatic carbocycles. The lowest BCUT2D eigenvalue weighted by Crippen LogP contribution is -2.25. The SMILES string of the molecule is CCOc1cc(NC2CCC(CC)C2C)c(N)cc1F. The molecule has 1 aromatic rings. The van der Waals surface area contributed by atoms with Crippen LogP contribution in [-0.4, -0.2) is 12.6 Å². The summed E-state index contributed by atoms with van der Waals surface area (Å²) in [5.74, 6) is 1.24. The van der Waals surface area contributed by atoms with Crippen LogP contribution >= 0.6 is 0 Å². The highest BCUT2D eigenvalue weighted by atomic mass is 19.1. The van der Waals surface area contributed by atoms with Gasteiger partial charge in [-0.25, -0.2) is 4.39 Å². The number of nitrogens with two attached hydrogens (primary N) is 1. The molecule has 1 aliphatic rings. The maximum atomic E-state index is 13.7. The molecule has 3 unspecified atom stereocenters. The second kappa shape index (κ2) is 6.33. The smallest absolute Gasteiger partial charge is 0.167 e. The largest absolute Gasteiger partial charge is 0.491 e. The summed E-state index contributed by atoms with van der Waals surface area (Å²) in [6.45, 7) is 6.80.